The van der Waals surface area contributed by atoms with Gasteiger partial charge in [-0.15, -0.1) is 22.7 Å². The number of thiophene rings is 2. The summed E-state index contributed by atoms with van der Waals surface area (Å²) in [5, 5.41) is 2.16. The molecule has 3 aromatic carbocycles. The Morgan fingerprint density at radius 2 is 1.38 bits per heavy atom. The number of hydrogen-bond donors (Lipinski definition) is 0. The molecule has 2 nitrogen and oxygen atoms in total. The smallest absolute Gasteiger partial charge is 0.119 e. The molecule has 0 N–H and O–H groups in total. The second-order valence-corrected chi connectivity index (χ2v) is 15.2. The Morgan fingerprint density at radius 1 is 0.667 bits per heavy atom. The molecule has 234 valence electrons. The molecule has 0 saturated heterocycles. The molecule has 5 aromatic rings. The average Bonchev–Trinajstić information content (AvgIpc) is 3.79. The fourth-order valence-electron chi connectivity index (χ4n) is 6.06. The molecule has 45 heavy (non-hydrogen) atoms. The SMILES string of the molecule is CCCCCCN1c2ccc(-c3ccc(OCC(CC)CCCC)cc3)cc2Sc2cc(-c3ccc(-c4cccs4)s3)ccc21. The molecule has 3 heterocycles. The molecule has 5 heteroatoms. The second kappa shape index (κ2) is 15.5. The van der Waals surface area contributed by atoms with Gasteiger partial charge in [0.2, 0.25) is 0 Å². The predicted molar refractivity (Wildman–Crippen MR) is 199 cm³/mol. The van der Waals surface area contributed by atoms with Crippen molar-refractivity contribution in [3.05, 3.63) is 90.3 Å². The van der Waals surface area contributed by atoms with E-state index in [1.54, 1.807) is 0 Å². The lowest BCUT2D eigenvalue weighted by Crippen LogP contribution is -2.22. The lowest BCUT2D eigenvalue weighted by molar-refractivity contribution is 0.233. The summed E-state index contributed by atoms with van der Waals surface area (Å²) in [5.74, 6) is 1.61. The predicted octanol–water partition coefficient (Wildman–Crippen LogP) is 13.6. The van der Waals surface area contributed by atoms with Crippen molar-refractivity contribution < 1.29 is 4.74 Å². The van der Waals surface area contributed by atoms with Gasteiger partial charge in [0.25, 0.3) is 0 Å². The van der Waals surface area contributed by atoms with Crippen molar-refractivity contribution in [2.45, 2.75) is 81.9 Å². The highest BCUT2D eigenvalue weighted by Crippen LogP contribution is 2.51. The van der Waals surface area contributed by atoms with Crippen LogP contribution >= 0.6 is 34.4 Å². The highest BCUT2D eigenvalue weighted by atomic mass is 32.2. The van der Waals surface area contributed by atoms with E-state index in [1.807, 2.05) is 34.4 Å². The van der Waals surface area contributed by atoms with Crippen molar-refractivity contribution in [2.24, 2.45) is 5.92 Å². The summed E-state index contributed by atoms with van der Waals surface area (Å²) in [6.07, 6.45) is 9.98. The van der Waals surface area contributed by atoms with E-state index in [1.165, 1.54) is 104 Å². The van der Waals surface area contributed by atoms with Crippen LogP contribution in [-0.4, -0.2) is 13.2 Å². The summed E-state index contributed by atoms with van der Waals surface area (Å²) in [7, 11) is 0. The minimum atomic E-state index is 0.637. The molecule has 0 fully saturated rings. The lowest BCUT2D eigenvalue weighted by Gasteiger charge is -2.33. The van der Waals surface area contributed by atoms with E-state index in [2.05, 4.69) is 116 Å². The van der Waals surface area contributed by atoms with Gasteiger partial charge in [-0.3, -0.25) is 0 Å². The van der Waals surface area contributed by atoms with Crippen LogP contribution < -0.4 is 9.64 Å². The molecule has 0 bridgehead atoms. The van der Waals surface area contributed by atoms with E-state index in [9.17, 15) is 0 Å². The fraction of sp³-hybridized carbons (Fsp3) is 0.350. The van der Waals surface area contributed by atoms with E-state index < -0.39 is 0 Å². The molecular formula is C40H45NOS3. The zero-order valence-corrected chi connectivity index (χ0v) is 29.3. The minimum Gasteiger partial charge on any atom is -0.493 e. The van der Waals surface area contributed by atoms with Crippen molar-refractivity contribution in [3.8, 4) is 37.1 Å². The zero-order chi connectivity index (χ0) is 31.0. The van der Waals surface area contributed by atoms with Gasteiger partial charge < -0.3 is 9.64 Å². The molecule has 6 rings (SSSR count). The lowest BCUT2D eigenvalue weighted by atomic mass is 10.0. The zero-order valence-electron chi connectivity index (χ0n) is 26.9. The maximum Gasteiger partial charge on any atom is 0.119 e. The summed E-state index contributed by atoms with van der Waals surface area (Å²) in [5.41, 5.74) is 6.45. The molecule has 0 saturated carbocycles. The number of anilines is 2. The van der Waals surface area contributed by atoms with Crippen LogP contribution in [0.3, 0.4) is 0 Å². The first-order chi connectivity index (χ1) is 22.2. The monoisotopic (exact) mass is 651 g/mol. The van der Waals surface area contributed by atoms with Crippen LogP contribution in [0, 0.1) is 5.92 Å². The molecule has 0 amide bonds. The highest BCUT2D eigenvalue weighted by molar-refractivity contribution is 7.99. The molecule has 1 aliphatic rings. The van der Waals surface area contributed by atoms with Crippen LogP contribution in [-0.2, 0) is 0 Å². The molecule has 1 unspecified atom stereocenters. The Labute approximate surface area is 282 Å². The van der Waals surface area contributed by atoms with Gasteiger partial charge in [-0.2, -0.15) is 0 Å². The number of unbranched alkanes of at least 4 members (excludes halogenated alkanes) is 4. The third-order valence-electron chi connectivity index (χ3n) is 8.83. The number of rotatable bonds is 15. The third-order valence-corrected chi connectivity index (χ3v) is 12.1. The topological polar surface area (TPSA) is 12.5 Å². The van der Waals surface area contributed by atoms with Crippen LogP contribution in [0.2, 0.25) is 0 Å². The summed E-state index contributed by atoms with van der Waals surface area (Å²) < 4.78 is 6.21. The molecule has 1 atom stereocenters. The number of fused-ring (bicyclic) bond motifs is 2. The van der Waals surface area contributed by atoms with E-state index in [4.69, 9.17) is 4.74 Å². The van der Waals surface area contributed by atoms with Crippen LogP contribution in [0.25, 0.3) is 31.3 Å². The first kappa shape index (κ1) is 32.0. The van der Waals surface area contributed by atoms with Gasteiger partial charge in [0.1, 0.15) is 5.75 Å². The maximum atomic E-state index is 6.21. The Hall–Kier alpha value is -2.99. The first-order valence-corrected chi connectivity index (χ1v) is 19.3. The van der Waals surface area contributed by atoms with Gasteiger partial charge in [-0.05, 0) is 95.4 Å². The Bertz CT molecular complexity index is 1650. The van der Waals surface area contributed by atoms with Crippen molar-refractivity contribution in [3.63, 3.8) is 0 Å². The molecule has 2 aromatic heterocycles. The summed E-state index contributed by atoms with van der Waals surface area (Å²) in [4.78, 5) is 9.26. The van der Waals surface area contributed by atoms with Crippen molar-refractivity contribution in [1.29, 1.82) is 0 Å². The summed E-state index contributed by atoms with van der Waals surface area (Å²) in [6, 6.07) is 31.7. The van der Waals surface area contributed by atoms with Crippen molar-refractivity contribution in [1.82, 2.24) is 0 Å². The van der Waals surface area contributed by atoms with E-state index in [0.717, 1.165) is 18.9 Å². The standard InChI is InChI=1S/C40H45NOS3/c1-4-7-9-10-24-41-34-20-16-31(30-14-18-33(19-15-30)42-28-29(6-3)12-8-5-2)26-39(34)45-40-27-32(17-21-35(40)41)36-22-23-38(44-36)37-13-11-25-43-37/h11,13-23,25-27,29H,4-10,12,24,28H2,1-3H3. The molecule has 0 spiro atoms. The maximum absolute atomic E-state index is 6.21. The largest absolute Gasteiger partial charge is 0.493 e. The number of nitrogens with zero attached hydrogens (tertiary/aromatic N) is 1. The van der Waals surface area contributed by atoms with Crippen LogP contribution in [0.5, 0.6) is 5.75 Å². The molecule has 1 aliphatic heterocycles. The van der Waals surface area contributed by atoms with Gasteiger partial charge in [0.15, 0.2) is 0 Å². The first-order valence-electron chi connectivity index (χ1n) is 16.8. The van der Waals surface area contributed by atoms with Crippen molar-refractivity contribution in [2.75, 3.05) is 18.1 Å². The van der Waals surface area contributed by atoms with Crippen LogP contribution in [0.15, 0.2) is 100 Å². The number of hydrogen-bond acceptors (Lipinski definition) is 5. The minimum absolute atomic E-state index is 0.637. The number of ether oxygens (including phenoxy) is 1. The second-order valence-electron chi connectivity index (χ2n) is 12.1. The van der Waals surface area contributed by atoms with Crippen molar-refractivity contribution >= 4 is 45.8 Å². The van der Waals surface area contributed by atoms with E-state index >= 15 is 0 Å². The molecule has 0 radical (unpaired) electrons. The Kier molecular flexibility index (Phi) is 11.0. The summed E-state index contributed by atoms with van der Waals surface area (Å²) in [6.45, 7) is 8.68. The highest BCUT2D eigenvalue weighted by Gasteiger charge is 2.24. The van der Waals surface area contributed by atoms with Crippen LogP contribution in [0.4, 0.5) is 11.4 Å². The number of benzene rings is 3. The quantitative estimate of drug-likeness (QED) is 0.105. The van der Waals surface area contributed by atoms with Gasteiger partial charge in [0.05, 0.1) is 18.0 Å². The molecule has 0 aliphatic carbocycles. The third kappa shape index (κ3) is 7.70. The average molecular weight is 652 g/mol. The van der Waals surface area contributed by atoms with Gasteiger partial charge in [-0.1, -0.05) is 101 Å². The normalized spacial score (nSPS) is 13.0. The van der Waals surface area contributed by atoms with E-state index in [0.29, 0.717) is 5.92 Å². The molecular weight excluding hydrogens is 607 g/mol. The van der Waals surface area contributed by atoms with Crippen LogP contribution in [0.1, 0.15) is 72.1 Å². The fourth-order valence-corrected chi connectivity index (χ4v) is 9.07. The van der Waals surface area contributed by atoms with Gasteiger partial charge in [0, 0.05) is 31.0 Å². The van der Waals surface area contributed by atoms with Gasteiger partial charge in [-0.25, -0.2) is 0 Å². The summed E-state index contributed by atoms with van der Waals surface area (Å²) >= 11 is 5.61. The van der Waals surface area contributed by atoms with E-state index in [-0.39, 0.29) is 0 Å². The Balaban J connectivity index is 1.24. The van der Waals surface area contributed by atoms with Gasteiger partial charge >= 0.3 is 0 Å². The Morgan fingerprint density at radius 3 is 2.09 bits per heavy atom.